The van der Waals surface area contributed by atoms with Crippen LogP contribution in [0.1, 0.15) is 17.6 Å². The van der Waals surface area contributed by atoms with Crippen LogP contribution in [0.3, 0.4) is 0 Å². The summed E-state index contributed by atoms with van der Waals surface area (Å²) in [6.07, 6.45) is 0.926. The zero-order valence-corrected chi connectivity index (χ0v) is 14.4. The predicted octanol–water partition coefficient (Wildman–Crippen LogP) is 3.51. The standard InChI is InChI=1S/C15H17BrN2O2S/c1-3-14-17-12(10-21-14)8-18(2)15(19)9-20-13-6-4-11(16)5-7-13/h4-7,10H,3,8-9H2,1-2H3. The third-order valence-corrected chi connectivity index (χ3v) is 4.47. The van der Waals surface area contributed by atoms with Crippen LogP contribution in [0.2, 0.25) is 0 Å². The maximum absolute atomic E-state index is 12.0. The number of thiazole rings is 1. The molecule has 0 saturated carbocycles. The number of rotatable bonds is 6. The fraction of sp³-hybridized carbons (Fsp3) is 0.333. The Labute approximate surface area is 136 Å². The van der Waals surface area contributed by atoms with Gasteiger partial charge in [-0.05, 0) is 30.7 Å². The number of aromatic nitrogens is 1. The van der Waals surface area contributed by atoms with Gasteiger partial charge in [-0.3, -0.25) is 4.79 Å². The van der Waals surface area contributed by atoms with Gasteiger partial charge in [0.05, 0.1) is 17.2 Å². The molecule has 0 atom stereocenters. The number of halogens is 1. The number of hydrogen-bond acceptors (Lipinski definition) is 4. The van der Waals surface area contributed by atoms with E-state index in [1.165, 1.54) is 0 Å². The lowest BCUT2D eigenvalue weighted by molar-refractivity contribution is -0.132. The molecule has 0 aliphatic carbocycles. The van der Waals surface area contributed by atoms with Crippen LogP contribution in [0.25, 0.3) is 0 Å². The average Bonchev–Trinajstić information content (AvgIpc) is 2.94. The molecule has 0 spiro atoms. The van der Waals surface area contributed by atoms with Crippen LogP contribution in [-0.4, -0.2) is 29.4 Å². The highest BCUT2D eigenvalue weighted by Gasteiger charge is 2.12. The predicted molar refractivity (Wildman–Crippen MR) is 87.6 cm³/mol. The van der Waals surface area contributed by atoms with Crippen LogP contribution in [0, 0.1) is 0 Å². The van der Waals surface area contributed by atoms with Gasteiger partial charge in [0.25, 0.3) is 5.91 Å². The minimum Gasteiger partial charge on any atom is -0.484 e. The molecule has 1 amide bonds. The van der Waals surface area contributed by atoms with Crippen LogP contribution in [0.15, 0.2) is 34.1 Å². The normalized spacial score (nSPS) is 10.4. The number of aryl methyl sites for hydroxylation is 1. The molecule has 1 heterocycles. The topological polar surface area (TPSA) is 42.4 Å². The summed E-state index contributed by atoms with van der Waals surface area (Å²) in [6, 6.07) is 7.41. The summed E-state index contributed by atoms with van der Waals surface area (Å²) in [5, 5.41) is 3.09. The quantitative estimate of drug-likeness (QED) is 0.783. The molecule has 2 rings (SSSR count). The highest BCUT2D eigenvalue weighted by atomic mass is 79.9. The second-order valence-electron chi connectivity index (χ2n) is 4.58. The van der Waals surface area contributed by atoms with E-state index in [9.17, 15) is 4.79 Å². The summed E-state index contributed by atoms with van der Waals surface area (Å²) < 4.78 is 6.46. The average molecular weight is 369 g/mol. The molecule has 2 aromatic rings. The molecule has 0 bridgehead atoms. The molecule has 112 valence electrons. The molecule has 21 heavy (non-hydrogen) atoms. The first-order valence-corrected chi connectivity index (χ1v) is 8.31. The molecule has 0 N–H and O–H groups in total. The fourth-order valence-electron chi connectivity index (χ4n) is 1.70. The van der Waals surface area contributed by atoms with Crippen LogP contribution >= 0.6 is 27.3 Å². The number of benzene rings is 1. The van der Waals surface area contributed by atoms with E-state index in [1.54, 1.807) is 23.3 Å². The van der Waals surface area contributed by atoms with Crippen LogP contribution in [0.5, 0.6) is 5.75 Å². The Morgan fingerprint density at radius 2 is 2.10 bits per heavy atom. The van der Waals surface area contributed by atoms with Crippen molar-refractivity contribution in [2.45, 2.75) is 19.9 Å². The maximum Gasteiger partial charge on any atom is 0.260 e. The Bertz CT molecular complexity index is 598. The molecule has 0 radical (unpaired) electrons. The van der Waals surface area contributed by atoms with E-state index in [0.717, 1.165) is 21.6 Å². The van der Waals surface area contributed by atoms with Gasteiger partial charge in [-0.2, -0.15) is 0 Å². The third-order valence-electron chi connectivity index (χ3n) is 2.90. The van der Waals surface area contributed by atoms with Gasteiger partial charge in [0.1, 0.15) is 5.75 Å². The first kappa shape index (κ1) is 16.0. The number of amides is 1. The van der Waals surface area contributed by atoms with Crippen molar-refractivity contribution >= 4 is 33.2 Å². The second kappa shape index (κ2) is 7.56. The molecule has 0 aliphatic heterocycles. The van der Waals surface area contributed by atoms with E-state index < -0.39 is 0 Å². The first-order valence-electron chi connectivity index (χ1n) is 6.64. The van der Waals surface area contributed by atoms with Gasteiger partial charge in [-0.1, -0.05) is 22.9 Å². The van der Waals surface area contributed by atoms with Crippen molar-refractivity contribution in [2.75, 3.05) is 13.7 Å². The molecule has 6 heteroatoms. The number of carbonyl (C=O) groups excluding carboxylic acids is 1. The van der Waals surface area contributed by atoms with E-state index in [2.05, 4.69) is 27.8 Å². The van der Waals surface area contributed by atoms with Crippen LogP contribution < -0.4 is 4.74 Å². The molecular formula is C15H17BrN2O2S. The van der Waals surface area contributed by atoms with E-state index >= 15 is 0 Å². The van der Waals surface area contributed by atoms with Gasteiger partial charge in [-0.15, -0.1) is 11.3 Å². The number of hydrogen-bond donors (Lipinski definition) is 0. The maximum atomic E-state index is 12.0. The van der Waals surface area contributed by atoms with Gasteiger partial charge in [-0.25, -0.2) is 4.98 Å². The summed E-state index contributed by atoms with van der Waals surface area (Å²) in [5.74, 6) is 0.617. The van der Waals surface area contributed by atoms with Crippen molar-refractivity contribution in [1.29, 1.82) is 0 Å². The third kappa shape index (κ3) is 4.82. The summed E-state index contributed by atoms with van der Waals surface area (Å²) in [7, 11) is 1.76. The van der Waals surface area contributed by atoms with Gasteiger partial charge < -0.3 is 9.64 Å². The van der Waals surface area contributed by atoms with Crippen molar-refractivity contribution in [1.82, 2.24) is 9.88 Å². The largest absolute Gasteiger partial charge is 0.484 e. The Balaban J connectivity index is 1.83. The smallest absolute Gasteiger partial charge is 0.260 e. The SMILES string of the molecule is CCc1nc(CN(C)C(=O)COc2ccc(Br)cc2)cs1. The molecule has 0 fully saturated rings. The van der Waals surface area contributed by atoms with E-state index in [1.807, 2.05) is 29.6 Å². The zero-order chi connectivity index (χ0) is 15.2. The van der Waals surface area contributed by atoms with Gasteiger partial charge in [0, 0.05) is 16.9 Å². The van der Waals surface area contributed by atoms with E-state index in [-0.39, 0.29) is 12.5 Å². The summed E-state index contributed by atoms with van der Waals surface area (Å²) in [4.78, 5) is 18.1. The van der Waals surface area contributed by atoms with Crippen LogP contribution in [-0.2, 0) is 17.8 Å². The van der Waals surface area contributed by atoms with Crippen molar-refractivity contribution in [2.24, 2.45) is 0 Å². The van der Waals surface area contributed by atoms with Crippen molar-refractivity contribution in [3.8, 4) is 5.75 Å². The minimum atomic E-state index is -0.0658. The summed E-state index contributed by atoms with van der Waals surface area (Å²) >= 11 is 4.99. The van der Waals surface area contributed by atoms with Gasteiger partial charge in [0.2, 0.25) is 0 Å². The van der Waals surface area contributed by atoms with Crippen molar-refractivity contribution in [3.63, 3.8) is 0 Å². The fourth-order valence-corrected chi connectivity index (χ4v) is 2.70. The molecule has 0 unspecified atom stereocenters. The second-order valence-corrected chi connectivity index (χ2v) is 6.44. The summed E-state index contributed by atoms with van der Waals surface area (Å²) in [6.45, 7) is 2.62. The Morgan fingerprint density at radius 1 is 1.38 bits per heavy atom. The number of ether oxygens (including phenoxy) is 1. The Kier molecular flexibility index (Phi) is 5.76. The van der Waals surface area contributed by atoms with Gasteiger partial charge in [0.15, 0.2) is 6.61 Å². The Hall–Kier alpha value is -1.40. The lowest BCUT2D eigenvalue weighted by Gasteiger charge is -2.16. The molecule has 1 aromatic carbocycles. The highest BCUT2D eigenvalue weighted by Crippen LogP contribution is 2.16. The summed E-state index contributed by atoms with van der Waals surface area (Å²) in [5.41, 5.74) is 0.927. The molecule has 0 saturated heterocycles. The lowest BCUT2D eigenvalue weighted by Crippen LogP contribution is -2.31. The number of nitrogens with zero attached hydrogens (tertiary/aromatic N) is 2. The Morgan fingerprint density at radius 3 is 2.71 bits per heavy atom. The monoisotopic (exact) mass is 368 g/mol. The highest BCUT2D eigenvalue weighted by molar-refractivity contribution is 9.10. The first-order chi connectivity index (χ1) is 10.1. The minimum absolute atomic E-state index is 0.0307. The molecular weight excluding hydrogens is 352 g/mol. The van der Waals surface area contributed by atoms with Crippen molar-refractivity contribution in [3.05, 3.63) is 44.8 Å². The van der Waals surface area contributed by atoms with Crippen LogP contribution in [0.4, 0.5) is 0 Å². The number of carbonyl (C=O) groups is 1. The molecule has 1 aromatic heterocycles. The number of likely N-dealkylation sites (N-methyl/N-ethyl adjacent to an activating group) is 1. The molecule has 0 aliphatic rings. The van der Waals surface area contributed by atoms with E-state index in [4.69, 9.17) is 4.74 Å². The lowest BCUT2D eigenvalue weighted by atomic mass is 10.3. The van der Waals surface area contributed by atoms with Crippen molar-refractivity contribution < 1.29 is 9.53 Å². The molecule has 4 nitrogen and oxygen atoms in total. The van der Waals surface area contributed by atoms with E-state index in [0.29, 0.717) is 12.3 Å². The zero-order valence-electron chi connectivity index (χ0n) is 12.0. The van der Waals surface area contributed by atoms with Gasteiger partial charge >= 0.3 is 0 Å².